The van der Waals surface area contributed by atoms with Gasteiger partial charge in [-0.2, -0.15) is 9.78 Å². The number of aryl methyl sites for hydroxylation is 1. The van der Waals surface area contributed by atoms with Gasteiger partial charge in [-0.05, 0) is 24.6 Å². The fraction of sp³-hybridized carbons (Fsp3) is 0.133. The predicted octanol–water partition coefficient (Wildman–Crippen LogP) is 3.92. The molecule has 0 bridgehead atoms. The summed E-state index contributed by atoms with van der Waals surface area (Å²) in [6, 6.07) is 4.76. The normalized spacial score (nSPS) is 11.6. The predicted molar refractivity (Wildman–Crippen MR) is 94.4 cm³/mol. The number of phenols is 1. The van der Waals surface area contributed by atoms with Crippen LogP contribution in [0.5, 0.6) is 5.75 Å². The summed E-state index contributed by atoms with van der Waals surface area (Å²) in [5, 5.41) is 14.9. The minimum absolute atomic E-state index is 0.116. The van der Waals surface area contributed by atoms with Gasteiger partial charge in [-0.15, -0.1) is 11.3 Å². The Morgan fingerprint density at radius 3 is 2.91 bits per heavy atom. The third-order valence-corrected chi connectivity index (χ3v) is 4.91. The van der Waals surface area contributed by atoms with Crippen molar-refractivity contribution in [3.8, 4) is 5.75 Å². The molecule has 0 spiro atoms. The highest BCUT2D eigenvalue weighted by Gasteiger charge is 2.09. The molecule has 5 nitrogen and oxygen atoms in total. The van der Waals surface area contributed by atoms with Crippen molar-refractivity contribution in [1.82, 2.24) is 9.66 Å². The smallest absolute Gasteiger partial charge is 0.282 e. The van der Waals surface area contributed by atoms with Crippen molar-refractivity contribution >= 4 is 51.0 Å². The SMILES string of the molecule is CCc1cc2c(=O)n(/N=C/c3cc(Cl)cc(Cl)c3O)cnc2s1. The molecule has 0 saturated carbocycles. The van der Waals surface area contributed by atoms with Crippen molar-refractivity contribution in [3.05, 3.63) is 55.4 Å². The lowest BCUT2D eigenvalue weighted by atomic mass is 10.2. The van der Waals surface area contributed by atoms with Crippen LogP contribution in [0.2, 0.25) is 10.0 Å². The summed E-state index contributed by atoms with van der Waals surface area (Å²) in [7, 11) is 0. The topological polar surface area (TPSA) is 67.5 Å². The molecule has 3 aromatic rings. The first kappa shape index (κ1) is 16.0. The summed E-state index contributed by atoms with van der Waals surface area (Å²) in [5.74, 6) is -0.147. The number of aromatic nitrogens is 2. The van der Waals surface area contributed by atoms with Gasteiger partial charge in [0.05, 0.1) is 16.6 Å². The molecule has 8 heteroatoms. The lowest BCUT2D eigenvalue weighted by Gasteiger charge is -2.02. The zero-order chi connectivity index (χ0) is 16.6. The zero-order valence-electron chi connectivity index (χ0n) is 12.0. The third-order valence-electron chi connectivity index (χ3n) is 3.21. The van der Waals surface area contributed by atoms with E-state index in [1.165, 1.54) is 36.0 Å². The van der Waals surface area contributed by atoms with E-state index in [9.17, 15) is 9.90 Å². The fourth-order valence-electron chi connectivity index (χ4n) is 2.03. The molecule has 0 unspecified atom stereocenters. The number of fused-ring (bicyclic) bond motifs is 1. The molecule has 0 aliphatic rings. The van der Waals surface area contributed by atoms with Gasteiger partial charge < -0.3 is 5.11 Å². The average molecular weight is 368 g/mol. The number of rotatable bonds is 3. The highest BCUT2D eigenvalue weighted by Crippen LogP contribution is 2.30. The van der Waals surface area contributed by atoms with Crippen LogP contribution in [0.25, 0.3) is 10.2 Å². The van der Waals surface area contributed by atoms with Crippen molar-refractivity contribution in [3.63, 3.8) is 0 Å². The van der Waals surface area contributed by atoms with Gasteiger partial charge in [-0.3, -0.25) is 4.79 Å². The standard InChI is InChI=1S/C15H11Cl2N3O2S/c1-2-10-5-11-14(23-10)18-7-20(15(11)22)19-6-8-3-9(16)4-12(17)13(8)21/h3-7,21H,2H2,1H3/b19-6+. The van der Waals surface area contributed by atoms with Gasteiger partial charge in [-0.25, -0.2) is 4.98 Å². The highest BCUT2D eigenvalue weighted by molar-refractivity contribution is 7.18. The van der Waals surface area contributed by atoms with E-state index in [1.54, 1.807) is 0 Å². The second kappa shape index (κ2) is 6.31. The minimum Gasteiger partial charge on any atom is -0.506 e. The Hall–Kier alpha value is -1.89. The molecular weight excluding hydrogens is 357 g/mol. The van der Waals surface area contributed by atoms with Crippen LogP contribution in [0.3, 0.4) is 0 Å². The Kier molecular flexibility index (Phi) is 4.39. The third kappa shape index (κ3) is 3.10. The molecule has 0 amide bonds. The van der Waals surface area contributed by atoms with Crippen LogP contribution in [0.4, 0.5) is 0 Å². The molecule has 0 atom stereocenters. The summed E-state index contributed by atoms with van der Waals surface area (Å²) >= 11 is 13.2. The molecule has 23 heavy (non-hydrogen) atoms. The first-order chi connectivity index (χ1) is 11.0. The molecule has 1 N–H and O–H groups in total. The number of halogens is 2. The summed E-state index contributed by atoms with van der Waals surface area (Å²) in [6.45, 7) is 2.02. The fourth-order valence-corrected chi connectivity index (χ4v) is 3.46. The monoisotopic (exact) mass is 367 g/mol. The quantitative estimate of drug-likeness (QED) is 0.713. The second-order valence-electron chi connectivity index (χ2n) is 4.75. The molecule has 0 aliphatic heterocycles. The van der Waals surface area contributed by atoms with Gasteiger partial charge in [0.1, 0.15) is 16.9 Å². The van der Waals surface area contributed by atoms with Crippen molar-refractivity contribution in [2.24, 2.45) is 5.10 Å². The summed E-state index contributed by atoms with van der Waals surface area (Å²) < 4.78 is 1.11. The molecule has 0 radical (unpaired) electrons. The summed E-state index contributed by atoms with van der Waals surface area (Å²) in [6.07, 6.45) is 3.51. The Morgan fingerprint density at radius 1 is 1.39 bits per heavy atom. The number of hydrogen-bond acceptors (Lipinski definition) is 5. The van der Waals surface area contributed by atoms with E-state index in [2.05, 4.69) is 10.1 Å². The van der Waals surface area contributed by atoms with Gasteiger partial charge in [0, 0.05) is 15.5 Å². The second-order valence-corrected chi connectivity index (χ2v) is 6.71. The Morgan fingerprint density at radius 2 is 2.17 bits per heavy atom. The first-order valence-electron chi connectivity index (χ1n) is 6.72. The summed E-state index contributed by atoms with van der Waals surface area (Å²) in [4.78, 5) is 18.4. The zero-order valence-corrected chi connectivity index (χ0v) is 14.3. The highest BCUT2D eigenvalue weighted by atomic mass is 35.5. The maximum atomic E-state index is 12.4. The number of benzene rings is 1. The summed E-state index contributed by atoms with van der Waals surface area (Å²) in [5.41, 5.74) is 0.0453. The van der Waals surface area contributed by atoms with Gasteiger partial charge in [0.2, 0.25) is 0 Å². The van der Waals surface area contributed by atoms with Gasteiger partial charge in [0.15, 0.2) is 0 Å². The largest absolute Gasteiger partial charge is 0.506 e. The van der Waals surface area contributed by atoms with Crippen LogP contribution in [0.1, 0.15) is 17.4 Å². The molecule has 1 aromatic carbocycles. The van der Waals surface area contributed by atoms with Gasteiger partial charge in [-0.1, -0.05) is 30.1 Å². The van der Waals surface area contributed by atoms with Crippen LogP contribution in [0.15, 0.2) is 34.4 Å². The van der Waals surface area contributed by atoms with Crippen molar-refractivity contribution in [1.29, 1.82) is 0 Å². The van der Waals surface area contributed by atoms with E-state index >= 15 is 0 Å². The molecule has 2 aromatic heterocycles. The molecule has 0 aliphatic carbocycles. The van der Waals surface area contributed by atoms with Crippen LogP contribution < -0.4 is 5.56 Å². The van der Waals surface area contributed by atoms with E-state index < -0.39 is 0 Å². The molecule has 2 heterocycles. The number of aromatic hydroxyl groups is 1. The van der Waals surface area contributed by atoms with Crippen molar-refractivity contribution in [2.75, 3.05) is 0 Å². The van der Waals surface area contributed by atoms with E-state index in [0.717, 1.165) is 16.0 Å². The minimum atomic E-state index is -0.269. The van der Waals surface area contributed by atoms with Crippen molar-refractivity contribution < 1.29 is 5.11 Å². The van der Waals surface area contributed by atoms with Gasteiger partial charge >= 0.3 is 0 Å². The lowest BCUT2D eigenvalue weighted by molar-refractivity contribution is 0.474. The molecule has 0 fully saturated rings. The van der Waals surface area contributed by atoms with E-state index in [-0.39, 0.29) is 16.3 Å². The van der Waals surface area contributed by atoms with E-state index in [4.69, 9.17) is 23.2 Å². The van der Waals surface area contributed by atoms with E-state index in [1.807, 2.05) is 13.0 Å². The maximum absolute atomic E-state index is 12.4. The van der Waals surface area contributed by atoms with Crippen LogP contribution in [-0.4, -0.2) is 21.0 Å². The number of nitrogens with zero attached hydrogens (tertiary/aromatic N) is 3. The Bertz CT molecular complexity index is 979. The molecule has 118 valence electrons. The lowest BCUT2D eigenvalue weighted by Crippen LogP contribution is -2.16. The van der Waals surface area contributed by atoms with Gasteiger partial charge in [0.25, 0.3) is 5.56 Å². The average Bonchev–Trinajstić information content (AvgIpc) is 2.95. The molecule has 0 saturated heterocycles. The van der Waals surface area contributed by atoms with Crippen molar-refractivity contribution in [2.45, 2.75) is 13.3 Å². The number of phenolic OH excluding ortho intramolecular Hbond substituents is 1. The van der Waals surface area contributed by atoms with Crippen LogP contribution in [-0.2, 0) is 6.42 Å². The number of thiophene rings is 1. The van der Waals surface area contributed by atoms with Crippen LogP contribution >= 0.6 is 34.5 Å². The maximum Gasteiger partial charge on any atom is 0.282 e. The number of hydrogen-bond donors (Lipinski definition) is 1. The van der Waals surface area contributed by atoms with E-state index in [0.29, 0.717) is 20.8 Å². The molecule has 3 rings (SSSR count). The molecular formula is C15H11Cl2N3O2S. The van der Waals surface area contributed by atoms with Crippen LogP contribution in [0, 0.1) is 0 Å². The Labute approximate surface area is 145 Å². The first-order valence-corrected chi connectivity index (χ1v) is 8.29. The Balaban J connectivity index is 2.05.